The van der Waals surface area contributed by atoms with Gasteiger partial charge in [0.25, 0.3) is 0 Å². The second-order valence-electron chi connectivity index (χ2n) is 14.5. The molecule has 9 aromatic rings. The molecule has 1 aliphatic carbocycles. The van der Waals surface area contributed by atoms with Crippen molar-refractivity contribution < 1.29 is 4.42 Å². The van der Waals surface area contributed by atoms with Gasteiger partial charge in [0.15, 0.2) is 0 Å². The third-order valence-corrected chi connectivity index (χ3v) is 11.1. The average molecular weight is 680 g/mol. The van der Waals surface area contributed by atoms with Gasteiger partial charge in [0.2, 0.25) is 0 Å². The summed E-state index contributed by atoms with van der Waals surface area (Å²) >= 11 is 0. The molecule has 0 aliphatic heterocycles. The molecule has 0 spiro atoms. The number of nitrogens with zero attached hydrogens (tertiary/aromatic N) is 1. The predicted octanol–water partition coefficient (Wildman–Crippen LogP) is 14.4. The van der Waals surface area contributed by atoms with Crippen LogP contribution < -0.4 is 4.90 Å². The smallest absolute Gasteiger partial charge is 0.136 e. The summed E-state index contributed by atoms with van der Waals surface area (Å²) in [5.41, 5.74) is 17.5. The number of furan rings is 1. The minimum atomic E-state index is -0.0666. The molecule has 2 heteroatoms. The summed E-state index contributed by atoms with van der Waals surface area (Å²) in [6.07, 6.45) is 0. The highest BCUT2D eigenvalue weighted by atomic mass is 16.3. The van der Waals surface area contributed by atoms with Crippen molar-refractivity contribution in [3.8, 4) is 44.5 Å². The topological polar surface area (TPSA) is 16.4 Å². The van der Waals surface area contributed by atoms with Gasteiger partial charge in [-0.15, -0.1) is 0 Å². The minimum Gasteiger partial charge on any atom is -0.456 e. The largest absolute Gasteiger partial charge is 0.456 e. The van der Waals surface area contributed by atoms with E-state index in [4.69, 9.17) is 4.42 Å². The van der Waals surface area contributed by atoms with Gasteiger partial charge in [-0.25, -0.2) is 0 Å². The normalized spacial score (nSPS) is 12.9. The maximum absolute atomic E-state index is 6.36. The molecule has 10 rings (SSSR count). The molecule has 0 bridgehead atoms. The maximum Gasteiger partial charge on any atom is 0.136 e. The van der Waals surface area contributed by atoms with Crippen molar-refractivity contribution in [2.24, 2.45) is 0 Å². The molecule has 0 N–H and O–H groups in total. The summed E-state index contributed by atoms with van der Waals surface area (Å²) in [7, 11) is 0. The fraction of sp³-hybridized carbons (Fsp3) is 0.0588. The first-order valence-electron chi connectivity index (χ1n) is 18.3. The highest BCUT2D eigenvalue weighted by molar-refractivity contribution is 6.14. The molecule has 1 heterocycles. The lowest BCUT2D eigenvalue weighted by molar-refractivity contribution is 0.660. The van der Waals surface area contributed by atoms with Crippen LogP contribution in [0.1, 0.15) is 25.0 Å². The maximum atomic E-state index is 6.36. The van der Waals surface area contributed by atoms with Crippen LogP contribution >= 0.6 is 0 Å². The molecule has 0 unspecified atom stereocenters. The lowest BCUT2D eigenvalue weighted by atomic mass is 9.82. The second-order valence-corrected chi connectivity index (χ2v) is 14.5. The Bertz CT molecular complexity index is 2790. The van der Waals surface area contributed by atoms with Gasteiger partial charge in [0.1, 0.15) is 11.2 Å². The number of anilines is 3. The molecule has 0 atom stereocenters. The third kappa shape index (κ3) is 5.10. The van der Waals surface area contributed by atoms with E-state index in [1.54, 1.807) is 0 Å². The molecule has 8 aromatic carbocycles. The van der Waals surface area contributed by atoms with Gasteiger partial charge >= 0.3 is 0 Å². The van der Waals surface area contributed by atoms with E-state index in [-0.39, 0.29) is 5.41 Å². The van der Waals surface area contributed by atoms with Crippen LogP contribution in [0.15, 0.2) is 192 Å². The third-order valence-electron chi connectivity index (χ3n) is 11.1. The van der Waals surface area contributed by atoms with Gasteiger partial charge in [-0.1, -0.05) is 159 Å². The van der Waals surface area contributed by atoms with Crippen LogP contribution in [0.5, 0.6) is 0 Å². The van der Waals surface area contributed by atoms with Gasteiger partial charge in [0.05, 0.1) is 5.69 Å². The van der Waals surface area contributed by atoms with Crippen LogP contribution in [0.25, 0.3) is 66.4 Å². The predicted molar refractivity (Wildman–Crippen MR) is 222 cm³/mol. The lowest BCUT2D eigenvalue weighted by Crippen LogP contribution is -2.15. The molecule has 0 amide bonds. The number of rotatable bonds is 6. The van der Waals surface area contributed by atoms with Gasteiger partial charge in [0, 0.05) is 33.1 Å². The second kappa shape index (κ2) is 12.3. The van der Waals surface area contributed by atoms with Crippen molar-refractivity contribution in [2.45, 2.75) is 19.3 Å². The van der Waals surface area contributed by atoms with Gasteiger partial charge in [-0.2, -0.15) is 0 Å². The number of hydrogen-bond donors (Lipinski definition) is 0. The lowest BCUT2D eigenvalue weighted by Gasteiger charge is -2.29. The quantitative estimate of drug-likeness (QED) is 0.174. The Hall–Kier alpha value is -6.64. The Kier molecular flexibility index (Phi) is 7.19. The molecule has 0 radical (unpaired) electrons. The highest BCUT2D eigenvalue weighted by Gasteiger charge is 2.35. The first-order chi connectivity index (χ1) is 26.0. The fourth-order valence-electron chi connectivity index (χ4n) is 8.46. The Balaban J connectivity index is 1.14. The molecule has 53 heavy (non-hydrogen) atoms. The van der Waals surface area contributed by atoms with Crippen LogP contribution in [0.4, 0.5) is 17.1 Å². The van der Waals surface area contributed by atoms with Crippen molar-refractivity contribution in [1.29, 1.82) is 0 Å². The molecule has 1 aliphatic rings. The van der Waals surface area contributed by atoms with Crippen LogP contribution in [-0.2, 0) is 5.41 Å². The average Bonchev–Trinajstić information content (AvgIpc) is 3.71. The summed E-state index contributed by atoms with van der Waals surface area (Å²) in [6, 6.07) is 67.9. The van der Waals surface area contributed by atoms with Crippen molar-refractivity contribution in [2.75, 3.05) is 4.90 Å². The Morgan fingerprint density at radius 1 is 0.396 bits per heavy atom. The van der Waals surface area contributed by atoms with E-state index in [0.29, 0.717) is 0 Å². The van der Waals surface area contributed by atoms with E-state index < -0.39 is 0 Å². The van der Waals surface area contributed by atoms with Crippen molar-refractivity contribution in [3.05, 3.63) is 199 Å². The van der Waals surface area contributed by atoms with E-state index in [2.05, 4.69) is 201 Å². The summed E-state index contributed by atoms with van der Waals surface area (Å²) < 4.78 is 6.36. The van der Waals surface area contributed by atoms with Crippen LogP contribution in [0.2, 0.25) is 0 Å². The van der Waals surface area contributed by atoms with Gasteiger partial charge in [-0.3, -0.25) is 0 Å². The first-order valence-corrected chi connectivity index (χ1v) is 18.3. The van der Waals surface area contributed by atoms with Crippen molar-refractivity contribution in [3.63, 3.8) is 0 Å². The molecule has 1 aromatic heterocycles. The minimum absolute atomic E-state index is 0.0666. The number of benzene rings is 8. The summed E-state index contributed by atoms with van der Waals surface area (Å²) in [6.45, 7) is 4.68. The Morgan fingerprint density at radius 3 is 1.72 bits per heavy atom. The van der Waals surface area contributed by atoms with Crippen LogP contribution in [-0.4, -0.2) is 0 Å². The van der Waals surface area contributed by atoms with E-state index in [0.717, 1.165) is 50.1 Å². The zero-order chi connectivity index (χ0) is 35.5. The van der Waals surface area contributed by atoms with E-state index in [1.165, 1.54) is 44.5 Å². The molecule has 0 fully saturated rings. The van der Waals surface area contributed by atoms with Gasteiger partial charge < -0.3 is 9.32 Å². The monoisotopic (exact) mass is 679 g/mol. The first kappa shape index (κ1) is 31.1. The van der Waals surface area contributed by atoms with E-state index >= 15 is 0 Å². The number of fused-ring (bicyclic) bond motifs is 6. The summed E-state index contributed by atoms with van der Waals surface area (Å²) in [4.78, 5) is 2.42. The zero-order valence-electron chi connectivity index (χ0n) is 29.8. The fourth-order valence-corrected chi connectivity index (χ4v) is 8.46. The summed E-state index contributed by atoms with van der Waals surface area (Å²) in [5, 5.41) is 2.26. The zero-order valence-corrected chi connectivity index (χ0v) is 29.8. The molecular formula is C51H37NO. The van der Waals surface area contributed by atoms with Crippen LogP contribution in [0, 0.1) is 0 Å². The van der Waals surface area contributed by atoms with Crippen LogP contribution in [0.3, 0.4) is 0 Å². The van der Waals surface area contributed by atoms with E-state index in [9.17, 15) is 0 Å². The van der Waals surface area contributed by atoms with E-state index in [1.807, 2.05) is 6.07 Å². The molecule has 0 saturated carbocycles. The number of hydrogen-bond acceptors (Lipinski definition) is 2. The van der Waals surface area contributed by atoms with Crippen molar-refractivity contribution in [1.82, 2.24) is 0 Å². The molecule has 0 saturated heterocycles. The van der Waals surface area contributed by atoms with Gasteiger partial charge in [-0.05, 0) is 92.5 Å². The highest BCUT2D eigenvalue weighted by Crippen LogP contribution is 2.51. The van der Waals surface area contributed by atoms with Crippen molar-refractivity contribution >= 4 is 39.0 Å². The molecule has 252 valence electrons. The standard InChI is InChI=1S/C51H37NO/c1-51(2)45-19-9-6-15-40(45)44-33-39(31-32-46(44)51)52(38-29-27-37(28-30-38)36-25-23-35(24-26-36)34-13-4-3-5-14-34)47-20-10-7-16-41(47)42-18-12-22-49-50(42)43-17-8-11-21-48(43)53-49/h3-33H,1-2H3. The number of para-hydroxylation sites is 2. The molecular weight excluding hydrogens is 643 g/mol. The summed E-state index contributed by atoms with van der Waals surface area (Å²) in [5.74, 6) is 0. The molecule has 2 nitrogen and oxygen atoms in total. The SMILES string of the molecule is CC1(C)c2ccccc2-c2cc(N(c3ccc(-c4ccc(-c5ccccc5)cc4)cc3)c3ccccc3-c3cccc4oc5ccccc5c34)ccc21. The Labute approximate surface area is 310 Å². The Morgan fingerprint density at radius 2 is 0.943 bits per heavy atom.